The highest BCUT2D eigenvalue weighted by molar-refractivity contribution is 7.99. The lowest BCUT2D eigenvalue weighted by atomic mass is 10.3. The molecule has 0 saturated carbocycles. The van der Waals surface area contributed by atoms with Crippen LogP contribution in [0.3, 0.4) is 0 Å². The molecule has 0 aliphatic heterocycles. The van der Waals surface area contributed by atoms with E-state index in [1.807, 2.05) is 29.7 Å². The second kappa shape index (κ2) is 9.35. The van der Waals surface area contributed by atoms with Crippen molar-refractivity contribution >= 4 is 45.8 Å². The maximum Gasteiger partial charge on any atom is 0.330 e. The Kier molecular flexibility index (Phi) is 6.57. The fourth-order valence-electron chi connectivity index (χ4n) is 3.52. The first-order valence-corrected chi connectivity index (χ1v) is 12.4. The minimum absolute atomic E-state index is 0.402. The van der Waals surface area contributed by atoms with Gasteiger partial charge >= 0.3 is 5.69 Å². The first-order chi connectivity index (χ1) is 15.0. The summed E-state index contributed by atoms with van der Waals surface area (Å²) in [6.07, 6.45) is 1.78. The lowest BCUT2D eigenvalue weighted by Gasteiger charge is -2.06. The predicted molar refractivity (Wildman–Crippen MR) is 125 cm³/mol. The molecule has 3 heterocycles. The fourth-order valence-corrected chi connectivity index (χ4v) is 5.00. The maximum absolute atomic E-state index is 12.5. The minimum atomic E-state index is -0.411. The number of imidazole rings is 1. The smallest absolute Gasteiger partial charge is 0.330 e. The lowest BCUT2D eigenvalue weighted by Crippen LogP contribution is -2.31. The molecule has 0 aliphatic carbocycles. The van der Waals surface area contributed by atoms with Gasteiger partial charge in [0.05, 0.1) is 5.75 Å². The molecule has 10 heteroatoms. The van der Waals surface area contributed by atoms with Gasteiger partial charge in [0.1, 0.15) is 11.3 Å². The molecular formula is C21H25N5O3S2. The van der Waals surface area contributed by atoms with Crippen molar-refractivity contribution in [2.75, 3.05) is 5.75 Å². The van der Waals surface area contributed by atoms with Crippen LogP contribution in [-0.4, -0.2) is 29.8 Å². The normalized spacial score (nSPS) is 11.7. The second-order valence-electron chi connectivity index (χ2n) is 7.04. The molecule has 0 fully saturated rings. The molecule has 4 rings (SSSR count). The van der Waals surface area contributed by atoms with Gasteiger partial charge in [0, 0.05) is 18.0 Å². The Balaban J connectivity index is 1.66. The number of H-pyrrole nitrogens is 1. The van der Waals surface area contributed by atoms with E-state index in [9.17, 15) is 9.59 Å². The highest BCUT2D eigenvalue weighted by atomic mass is 32.2. The van der Waals surface area contributed by atoms with E-state index in [1.165, 1.54) is 11.8 Å². The molecule has 1 N–H and O–H groups in total. The van der Waals surface area contributed by atoms with E-state index in [1.54, 1.807) is 16.3 Å². The first-order valence-electron chi connectivity index (χ1n) is 10.4. The largest absolute Gasteiger partial charge is 0.431 e. The van der Waals surface area contributed by atoms with Crippen molar-refractivity contribution in [1.82, 2.24) is 24.1 Å². The Morgan fingerprint density at radius 1 is 1.10 bits per heavy atom. The van der Waals surface area contributed by atoms with Gasteiger partial charge in [0.15, 0.2) is 16.7 Å². The van der Waals surface area contributed by atoms with Crippen molar-refractivity contribution in [1.29, 1.82) is 0 Å². The Morgan fingerprint density at radius 2 is 1.94 bits per heavy atom. The van der Waals surface area contributed by atoms with Gasteiger partial charge in [-0.05, 0) is 37.3 Å². The number of nitrogens with one attached hydrogen (secondary N) is 1. The van der Waals surface area contributed by atoms with Crippen LogP contribution >= 0.6 is 23.5 Å². The highest BCUT2D eigenvalue weighted by Gasteiger charge is 2.18. The number of hydrogen-bond donors (Lipinski definition) is 1. The zero-order valence-corrected chi connectivity index (χ0v) is 19.4. The Labute approximate surface area is 187 Å². The SMILES string of the molecule is CCCCn1c(=O)[nH]c(=O)c2c1nc(CSc1nc3cc(SCC)ccc3o1)n2CC. The maximum atomic E-state index is 12.5. The topological polar surface area (TPSA) is 98.7 Å². The monoisotopic (exact) mass is 459 g/mol. The Bertz CT molecular complexity index is 1330. The van der Waals surface area contributed by atoms with E-state index < -0.39 is 11.2 Å². The summed E-state index contributed by atoms with van der Waals surface area (Å²) in [5.41, 5.74) is 1.64. The molecule has 0 atom stereocenters. The van der Waals surface area contributed by atoms with E-state index >= 15 is 0 Å². The van der Waals surface area contributed by atoms with E-state index in [-0.39, 0.29) is 0 Å². The van der Waals surface area contributed by atoms with Gasteiger partial charge in [0.25, 0.3) is 10.8 Å². The molecule has 0 bridgehead atoms. The molecule has 164 valence electrons. The third-order valence-corrected chi connectivity index (χ3v) is 6.69. The van der Waals surface area contributed by atoms with Gasteiger partial charge in [-0.15, -0.1) is 11.8 Å². The van der Waals surface area contributed by atoms with Gasteiger partial charge < -0.3 is 8.98 Å². The first kappa shape index (κ1) is 21.8. The van der Waals surface area contributed by atoms with Crippen molar-refractivity contribution in [2.24, 2.45) is 0 Å². The lowest BCUT2D eigenvalue weighted by molar-refractivity contribution is 0.489. The van der Waals surface area contributed by atoms with Crippen molar-refractivity contribution in [3.63, 3.8) is 0 Å². The summed E-state index contributed by atoms with van der Waals surface area (Å²) >= 11 is 3.19. The number of aromatic amines is 1. The number of oxazole rings is 1. The number of unbranched alkanes of at least 4 members (excludes halogenated alkanes) is 1. The Morgan fingerprint density at radius 3 is 2.68 bits per heavy atom. The van der Waals surface area contributed by atoms with Crippen molar-refractivity contribution < 1.29 is 4.42 Å². The molecule has 0 saturated heterocycles. The zero-order chi connectivity index (χ0) is 22.0. The van der Waals surface area contributed by atoms with Crippen LogP contribution in [0.25, 0.3) is 22.3 Å². The highest BCUT2D eigenvalue weighted by Crippen LogP contribution is 2.29. The van der Waals surface area contributed by atoms with Crippen LogP contribution in [0.5, 0.6) is 0 Å². The van der Waals surface area contributed by atoms with E-state index in [0.717, 1.165) is 34.6 Å². The molecule has 0 spiro atoms. The fraction of sp³-hybridized carbons (Fsp3) is 0.429. The van der Waals surface area contributed by atoms with Crippen LogP contribution < -0.4 is 11.2 Å². The number of rotatable bonds is 9. The van der Waals surface area contributed by atoms with E-state index in [4.69, 9.17) is 4.42 Å². The van der Waals surface area contributed by atoms with Crippen molar-refractivity contribution in [3.05, 3.63) is 44.9 Å². The summed E-state index contributed by atoms with van der Waals surface area (Å²) in [5, 5.41) is 0.556. The summed E-state index contributed by atoms with van der Waals surface area (Å²) in [7, 11) is 0. The number of fused-ring (bicyclic) bond motifs is 2. The van der Waals surface area contributed by atoms with Crippen LogP contribution in [0.2, 0.25) is 0 Å². The van der Waals surface area contributed by atoms with Crippen molar-refractivity contribution in [3.8, 4) is 0 Å². The van der Waals surface area contributed by atoms with Gasteiger partial charge in [-0.3, -0.25) is 14.3 Å². The van der Waals surface area contributed by atoms with Gasteiger partial charge in [-0.25, -0.2) is 14.8 Å². The molecule has 0 amide bonds. The third kappa shape index (κ3) is 4.31. The molecule has 4 aromatic rings. The standard InChI is InChI=1S/C21H25N5O3S2/c1-4-7-10-26-18-17(19(27)24-20(26)28)25(5-2)16(23-18)12-31-21-22-14-11-13(30-6-3)8-9-15(14)29-21/h8-9,11H,4-7,10,12H2,1-3H3,(H,24,27,28). The van der Waals surface area contributed by atoms with Crippen molar-refractivity contribution in [2.45, 2.75) is 62.6 Å². The van der Waals surface area contributed by atoms with Gasteiger partial charge in [0.2, 0.25) is 0 Å². The third-order valence-electron chi connectivity index (χ3n) is 4.99. The molecule has 8 nitrogen and oxygen atoms in total. The second-order valence-corrected chi connectivity index (χ2v) is 9.30. The van der Waals surface area contributed by atoms with Crippen LogP contribution in [-0.2, 0) is 18.8 Å². The summed E-state index contributed by atoms with van der Waals surface area (Å²) in [4.78, 5) is 37.7. The van der Waals surface area contributed by atoms with Crippen LogP contribution in [0.15, 0.2) is 42.3 Å². The molecule has 1 aromatic carbocycles. The van der Waals surface area contributed by atoms with Gasteiger partial charge in [-0.1, -0.05) is 32.0 Å². The summed E-state index contributed by atoms with van der Waals surface area (Å²) in [6.45, 7) is 7.24. The predicted octanol–water partition coefficient (Wildman–Crippen LogP) is 4.25. The minimum Gasteiger partial charge on any atom is -0.431 e. The molecule has 31 heavy (non-hydrogen) atoms. The van der Waals surface area contributed by atoms with Crippen LogP contribution in [0, 0.1) is 0 Å². The summed E-state index contributed by atoms with van der Waals surface area (Å²) in [6, 6.07) is 6.01. The molecule has 0 unspecified atom stereocenters. The number of hydrogen-bond acceptors (Lipinski definition) is 7. The molecule has 3 aromatic heterocycles. The molecular weight excluding hydrogens is 434 g/mol. The summed E-state index contributed by atoms with van der Waals surface area (Å²) < 4.78 is 9.30. The number of aromatic nitrogens is 5. The van der Waals surface area contributed by atoms with E-state index in [2.05, 4.69) is 28.8 Å². The average molecular weight is 460 g/mol. The summed E-state index contributed by atoms with van der Waals surface area (Å²) in [5.74, 6) is 2.20. The quantitative estimate of drug-likeness (QED) is 0.374. The number of aryl methyl sites for hydroxylation is 2. The number of thioether (sulfide) groups is 2. The Hall–Kier alpha value is -2.46. The molecule has 0 radical (unpaired) electrons. The van der Waals surface area contributed by atoms with E-state index in [0.29, 0.717) is 41.1 Å². The van der Waals surface area contributed by atoms with Crippen LogP contribution in [0.1, 0.15) is 39.4 Å². The van der Waals surface area contributed by atoms with Gasteiger partial charge in [-0.2, -0.15) is 0 Å². The van der Waals surface area contributed by atoms with Crippen LogP contribution in [0.4, 0.5) is 0 Å². The number of benzene rings is 1. The zero-order valence-electron chi connectivity index (χ0n) is 17.8. The molecule has 0 aliphatic rings. The number of nitrogens with zero attached hydrogens (tertiary/aromatic N) is 4. The average Bonchev–Trinajstić information content (AvgIpc) is 3.33.